The minimum Gasteiger partial charge on any atom is -0.496 e. The van der Waals surface area contributed by atoms with Crippen molar-refractivity contribution in [1.82, 2.24) is 19.8 Å². The van der Waals surface area contributed by atoms with E-state index in [1.54, 1.807) is 13.3 Å². The molecule has 0 radical (unpaired) electrons. The number of aromatic nitrogens is 2. The summed E-state index contributed by atoms with van der Waals surface area (Å²) in [5, 5.41) is 0.574. The number of nitrogens with zero attached hydrogens (tertiary/aromatic N) is 5. The van der Waals surface area contributed by atoms with Crippen LogP contribution >= 0.6 is 11.8 Å². The molecule has 2 atom stereocenters. The number of carbonyl (C=O) groups is 1. The van der Waals surface area contributed by atoms with Gasteiger partial charge in [0.2, 0.25) is 5.95 Å². The Morgan fingerprint density at radius 3 is 2.79 bits per heavy atom. The van der Waals surface area contributed by atoms with Crippen molar-refractivity contribution >= 4 is 34.2 Å². The molecule has 0 fully saturated rings. The summed E-state index contributed by atoms with van der Waals surface area (Å²) in [4.78, 5) is 30.5. The molecular formula is C24H28N6O2S. The predicted molar refractivity (Wildman–Crippen MR) is 133 cm³/mol. The van der Waals surface area contributed by atoms with Gasteiger partial charge in [0.05, 0.1) is 24.1 Å². The van der Waals surface area contributed by atoms with E-state index in [9.17, 15) is 4.79 Å². The van der Waals surface area contributed by atoms with Gasteiger partial charge in [0.15, 0.2) is 5.04 Å². The number of hydrogen-bond donors (Lipinski definition) is 1. The fourth-order valence-electron chi connectivity index (χ4n) is 3.72. The number of amides is 1. The van der Waals surface area contributed by atoms with Gasteiger partial charge in [-0.25, -0.2) is 9.97 Å². The van der Waals surface area contributed by atoms with Crippen LogP contribution < -0.4 is 10.5 Å². The zero-order chi connectivity index (χ0) is 23.4. The topological polar surface area (TPSA) is 96.9 Å². The average molecular weight is 465 g/mol. The summed E-state index contributed by atoms with van der Waals surface area (Å²) in [5.74, 6) is 0.953. The maximum absolute atomic E-state index is 13.5. The number of benzene rings is 1. The number of ether oxygens (including phenoxy) is 1. The van der Waals surface area contributed by atoms with Crippen LogP contribution in [-0.2, 0) is 11.3 Å². The second-order valence-electron chi connectivity index (χ2n) is 8.13. The van der Waals surface area contributed by atoms with E-state index >= 15 is 0 Å². The molecule has 172 valence electrons. The maximum Gasteiger partial charge on any atom is 0.279 e. The van der Waals surface area contributed by atoms with E-state index < -0.39 is 0 Å². The monoisotopic (exact) mass is 464 g/mol. The number of para-hydroxylation sites is 1. The van der Waals surface area contributed by atoms with Gasteiger partial charge in [0.25, 0.3) is 5.91 Å². The van der Waals surface area contributed by atoms with Crippen LogP contribution in [0.1, 0.15) is 11.3 Å². The van der Waals surface area contributed by atoms with Gasteiger partial charge in [-0.2, -0.15) is 0 Å². The highest BCUT2D eigenvalue weighted by atomic mass is 32.2. The molecule has 2 heterocycles. The van der Waals surface area contributed by atoms with Crippen molar-refractivity contribution in [2.75, 3.05) is 40.0 Å². The summed E-state index contributed by atoms with van der Waals surface area (Å²) in [6.07, 6.45) is 7.76. The Bertz CT molecular complexity index is 1110. The van der Waals surface area contributed by atoms with E-state index in [2.05, 4.69) is 20.9 Å². The van der Waals surface area contributed by atoms with Gasteiger partial charge in [-0.15, -0.1) is 0 Å². The first kappa shape index (κ1) is 23.0. The van der Waals surface area contributed by atoms with Gasteiger partial charge in [0, 0.05) is 31.4 Å². The first-order chi connectivity index (χ1) is 15.9. The highest BCUT2D eigenvalue weighted by Gasteiger charge is 2.34. The number of aliphatic imine (C=N–C) groups is 1. The van der Waals surface area contributed by atoms with Crippen molar-refractivity contribution < 1.29 is 9.53 Å². The predicted octanol–water partition coefficient (Wildman–Crippen LogP) is 2.49. The molecule has 2 aromatic rings. The highest BCUT2D eigenvalue weighted by molar-refractivity contribution is 8.16. The number of rotatable bonds is 8. The summed E-state index contributed by atoms with van der Waals surface area (Å²) >= 11 is 1.50. The van der Waals surface area contributed by atoms with E-state index in [-0.39, 0.29) is 23.1 Å². The molecule has 1 amide bonds. The van der Waals surface area contributed by atoms with Crippen molar-refractivity contribution in [3.8, 4) is 5.75 Å². The van der Waals surface area contributed by atoms with Gasteiger partial charge >= 0.3 is 0 Å². The minimum absolute atomic E-state index is 0.0436. The van der Waals surface area contributed by atoms with Gasteiger partial charge < -0.3 is 20.3 Å². The summed E-state index contributed by atoms with van der Waals surface area (Å²) in [6, 6.07) is 9.55. The Morgan fingerprint density at radius 2 is 2.03 bits per heavy atom. The third-order valence-corrected chi connectivity index (χ3v) is 6.67. The molecule has 1 aliphatic heterocycles. The van der Waals surface area contributed by atoms with Gasteiger partial charge in [-0.1, -0.05) is 48.2 Å². The summed E-state index contributed by atoms with van der Waals surface area (Å²) in [5.41, 5.74) is 8.43. The number of anilines is 1. The quantitative estimate of drug-likeness (QED) is 0.641. The van der Waals surface area contributed by atoms with E-state index in [1.165, 1.54) is 11.8 Å². The molecule has 2 unspecified atom stereocenters. The molecule has 0 saturated heterocycles. The molecule has 1 aromatic carbocycles. The number of likely N-dealkylation sites (N-methyl/N-ethyl adjacent to an activating group) is 1. The van der Waals surface area contributed by atoms with Crippen molar-refractivity contribution in [3.05, 3.63) is 66.0 Å². The largest absolute Gasteiger partial charge is 0.496 e. The van der Waals surface area contributed by atoms with Crippen LogP contribution in [0.3, 0.4) is 0 Å². The lowest BCUT2D eigenvalue weighted by molar-refractivity contribution is -0.124. The number of thioether (sulfide) groups is 1. The number of nitrogens with two attached hydrogens (primary N) is 1. The lowest BCUT2D eigenvalue weighted by Crippen LogP contribution is -2.39. The third-order valence-electron chi connectivity index (χ3n) is 5.48. The Kier molecular flexibility index (Phi) is 7.10. The number of nitrogen functional groups attached to an aromatic ring is 1. The Balaban J connectivity index is 1.52. The van der Waals surface area contributed by atoms with E-state index in [1.807, 2.05) is 61.5 Å². The van der Waals surface area contributed by atoms with Crippen LogP contribution in [0.25, 0.3) is 5.57 Å². The van der Waals surface area contributed by atoms with E-state index in [0.717, 1.165) is 29.1 Å². The molecule has 2 N–H and O–H groups in total. The third kappa shape index (κ3) is 5.43. The average Bonchev–Trinajstić information content (AvgIpc) is 3.25. The summed E-state index contributed by atoms with van der Waals surface area (Å²) < 4.78 is 5.50. The molecule has 0 saturated carbocycles. The summed E-state index contributed by atoms with van der Waals surface area (Å²) in [7, 11) is 5.65. The molecule has 1 aromatic heterocycles. The number of carbonyl (C=O) groups excluding carboxylic acids is 1. The van der Waals surface area contributed by atoms with E-state index in [0.29, 0.717) is 18.1 Å². The first-order valence-corrected chi connectivity index (χ1v) is 11.6. The van der Waals surface area contributed by atoms with Gasteiger partial charge in [0.1, 0.15) is 5.75 Å². The molecule has 8 nitrogen and oxygen atoms in total. The van der Waals surface area contributed by atoms with Gasteiger partial charge in [-0.3, -0.25) is 9.79 Å². The zero-order valence-electron chi connectivity index (χ0n) is 19.0. The maximum atomic E-state index is 13.5. The Hall–Kier alpha value is -3.17. The minimum atomic E-state index is -0.0705. The van der Waals surface area contributed by atoms with Crippen LogP contribution in [0.4, 0.5) is 5.95 Å². The number of allylic oxidation sites excluding steroid dienone is 2. The number of methoxy groups -OCH3 is 1. The number of fused-ring (bicyclic) bond motifs is 1. The molecule has 2 aliphatic rings. The van der Waals surface area contributed by atoms with Crippen LogP contribution in [0.15, 0.2) is 59.7 Å². The normalized spacial score (nSPS) is 19.2. The Morgan fingerprint density at radius 1 is 1.21 bits per heavy atom. The lowest BCUT2D eigenvalue weighted by Gasteiger charge is -2.25. The molecule has 1 aliphatic carbocycles. The van der Waals surface area contributed by atoms with Crippen molar-refractivity contribution in [3.63, 3.8) is 0 Å². The van der Waals surface area contributed by atoms with Gasteiger partial charge in [-0.05, 0) is 31.8 Å². The van der Waals surface area contributed by atoms with E-state index in [4.69, 9.17) is 15.5 Å². The second-order valence-corrected chi connectivity index (χ2v) is 9.30. The van der Waals surface area contributed by atoms with Crippen LogP contribution in [0.5, 0.6) is 5.75 Å². The van der Waals surface area contributed by atoms with Crippen LogP contribution in [0, 0.1) is 0 Å². The smallest absolute Gasteiger partial charge is 0.279 e. The zero-order valence-corrected chi connectivity index (χ0v) is 19.8. The molecule has 33 heavy (non-hydrogen) atoms. The molecule has 4 rings (SSSR count). The SMILES string of the molecule is COc1ccccc1CN(CCN(C)C)C(=O)C1=NC2C=CC(c3ccnc(N)n3)=CC2S1. The fourth-order valence-corrected chi connectivity index (χ4v) is 4.89. The Labute approximate surface area is 198 Å². The van der Waals surface area contributed by atoms with Crippen molar-refractivity contribution in [2.24, 2.45) is 4.99 Å². The second kappa shape index (κ2) is 10.2. The van der Waals surface area contributed by atoms with Crippen LogP contribution in [0.2, 0.25) is 0 Å². The molecule has 0 bridgehead atoms. The lowest BCUT2D eigenvalue weighted by atomic mass is 10.0. The standard InChI is InChI=1S/C24H28N6O2S/c1-29(2)12-13-30(15-17-6-4-5-7-20(17)32-3)23(31)22-27-19-9-8-16(14-21(19)33-22)18-10-11-26-24(25)28-18/h4-11,14,19,21H,12-13,15H2,1-3H3,(H2,25,26,28). The van der Waals surface area contributed by atoms with Crippen molar-refractivity contribution in [1.29, 1.82) is 0 Å². The first-order valence-electron chi connectivity index (χ1n) is 10.7. The fraction of sp³-hybridized carbons (Fsp3) is 0.333. The summed E-state index contributed by atoms with van der Waals surface area (Å²) in [6.45, 7) is 1.81. The highest BCUT2D eigenvalue weighted by Crippen LogP contribution is 2.35. The number of hydrogen-bond acceptors (Lipinski definition) is 8. The molecular weight excluding hydrogens is 436 g/mol. The molecule has 0 spiro atoms. The molecule has 9 heteroatoms. The van der Waals surface area contributed by atoms with Crippen LogP contribution in [-0.4, -0.2) is 76.3 Å². The van der Waals surface area contributed by atoms with Crippen molar-refractivity contribution in [2.45, 2.75) is 17.8 Å².